The molecule has 0 bridgehead atoms. The van der Waals surface area contributed by atoms with Crippen LogP contribution in [0.4, 0.5) is 13.2 Å². The minimum Gasteiger partial charge on any atom is -0.379 e. The van der Waals surface area contributed by atoms with Gasteiger partial charge in [-0.2, -0.15) is 13.2 Å². The Hall–Kier alpha value is -0.820. The zero-order valence-electron chi connectivity index (χ0n) is 9.96. The smallest absolute Gasteiger partial charge is 0.379 e. The molecule has 0 spiro atoms. The van der Waals surface area contributed by atoms with Crippen LogP contribution in [-0.2, 0) is 4.79 Å². The van der Waals surface area contributed by atoms with Crippen LogP contribution < -0.4 is 5.32 Å². The average molecular weight is 266 g/mol. The van der Waals surface area contributed by atoms with Crippen molar-refractivity contribution in [1.82, 2.24) is 10.2 Å². The highest BCUT2D eigenvalue weighted by Gasteiger charge is 2.58. The zero-order valence-corrected chi connectivity index (χ0v) is 9.96. The van der Waals surface area contributed by atoms with Crippen molar-refractivity contribution in [2.45, 2.75) is 31.0 Å². The molecule has 104 valence electrons. The first-order chi connectivity index (χ1) is 8.33. The van der Waals surface area contributed by atoms with E-state index in [9.17, 15) is 23.1 Å². The number of aliphatic hydroxyl groups is 1. The quantitative estimate of drug-likeness (QED) is 0.727. The number of carbonyl (C=O) groups excluding carboxylic acids is 1. The van der Waals surface area contributed by atoms with E-state index in [-0.39, 0.29) is 18.4 Å². The summed E-state index contributed by atoms with van der Waals surface area (Å²) in [5, 5.41) is 12.6. The molecule has 0 radical (unpaired) electrons. The second kappa shape index (κ2) is 4.70. The fourth-order valence-electron chi connectivity index (χ4n) is 2.53. The van der Waals surface area contributed by atoms with Crippen LogP contribution in [0.25, 0.3) is 0 Å². The fourth-order valence-corrected chi connectivity index (χ4v) is 2.53. The Morgan fingerprint density at radius 3 is 2.67 bits per heavy atom. The first kappa shape index (κ1) is 13.6. The molecule has 4 nitrogen and oxygen atoms in total. The summed E-state index contributed by atoms with van der Waals surface area (Å²) in [4.78, 5) is 13.2. The molecule has 0 aromatic carbocycles. The second-order valence-corrected chi connectivity index (χ2v) is 5.08. The van der Waals surface area contributed by atoms with Crippen molar-refractivity contribution in [3.63, 3.8) is 0 Å². The van der Waals surface area contributed by atoms with Crippen LogP contribution >= 0.6 is 0 Å². The number of nitrogens with zero attached hydrogens (tertiary/aromatic N) is 1. The van der Waals surface area contributed by atoms with Gasteiger partial charge in [-0.05, 0) is 19.4 Å². The standard InChI is InChI=1S/C11H17F3N2O2/c12-11(13,14)10(18)3-5-16(7-10)9(17)8-2-1-4-15-6-8/h8,15,18H,1-7H2/t8-,10+/m0/s1. The van der Waals surface area contributed by atoms with E-state index < -0.39 is 24.7 Å². The highest BCUT2D eigenvalue weighted by Crippen LogP contribution is 2.38. The Kier molecular flexibility index (Phi) is 3.55. The van der Waals surface area contributed by atoms with E-state index in [0.717, 1.165) is 17.9 Å². The normalized spacial score (nSPS) is 33.8. The number of carbonyl (C=O) groups is 1. The maximum Gasteiger partial charge on any atom is 0.419 e. The number of piperidine rings is 1. The van der Waals surface area contributed by atoms with Crippen LogP contribution in [-0.4, -0.2) is 53.9 Å². The SMILES string of the molecule is O=C([C@H]1CCCNC1)N1CC[C@](O)(C(F)(F)F)C1. The van der Waals surface area contributed by atoms with E-state index in [2.05, 4.69) is 5.32 Å². The molecule has 2 N–H and O–H groups in total. The summed E-state index contributed by atoms with van der Waals surface area (Å²) in [7, 11) is 0. The zero-order chi connectivity index (χ0) is 13.4. The molecule has 2 fully saturated rings. The summed E-state index contributed by atoms with van der Waals surface area (Å²) in [6, 6.07) is 0. The molecule has 7 heteroatoms. The molecule has 0 aromatic heterocycles. The van der Waals surface area contributed by atoms with Gasteiger partial charge in [0.2, 0.25) is 5.91 Å². The molecule has 2 aliphatic rings. The molecule has 1 amide bonds. The number of hydrogen-bond acceptors (Lipinski definition) is 3. The van der Waals surface area contributed by atoms with Gasteiger partial charge in [-0.1, -0.05) is 0 Å². The van der Waals surface area contributed by atoms with E-state index in [4.69, 9.17) is 0 Å². The van der Waals surface area contributed by atoms with Crippen LogP contribution in [0.3, 0.4) is 0 Å². The van der Waals surface area contributed by atoms with Crippen molar-refractivity contribution in [3.05, 3.63) is 0 Å². The van der Waals surface area contributed by atoms with Crippen molar-refractivity contribution in [1.29, 1.82) is 0 Å². The minimum absolute atomic E-state index is 0.0225. The summed E-state index contributed by atoms with van der Waals surface area (Å²) in [6.07, 6.45) is -3.55. The Morgan fingerprint density at radius 2 is 2.17 bits per heavy atom. The van der Waals surface area contributed by atoms with Crippen molar-refractivity contribution in [3.8, 4) is 0 Å². The Bertz CT molecular complexity index is 329. The molecular weight excluding hydrogens is 249 g/mol. The third-order valence-electron chi connectivity index (χ3n) is 3.73. The first-order valence-electron chi connectivity index (χ1n) is 6.12. The summed E-state index contributed by atoms with van der Waals surface area (Å²) >= 11 is 0. The molecule has 2 rings (SSSR count). The lowest BCUT2D eigenvalue weighted by Crippen LogP contribution is -2.49. The van der Waals surface area contributed by atoms with Gasteiger partial charge in [0.05, 0.1) is 12.5 Å². The van der Waals surface area contributed by atoms with Gasteiger partial charge < -0.3 is 15.3 Å². The number of rotatable bonds is 1. The largest absolute Gasteiger partial charge is 0.419 e. The highest BCUT2D eigenvalue weighted by atomic mass is 19.4. The number of likely N-dealkylation sites (tertiary alicyclic amines) is 1. The Morgan fingerprint density at radius 1 is 1.44 bits per heavy atom. The van der Waals surface area contributed by atoms with Gasteiger partial charge in [0.1, 0.15) is 0 Å². The van der Waals surface area contributed by atoms with E-state index in [1.165, 1.54) is 0 Å². The summed E-state index contributed by atoms with van der Waals surface area (Å²) in [5.74, 6) is -0.531. The van der Waals surface area contributed by atoms with Gasteiger partial charge in [0.25, 0.3) is 0 Å². The highest BCUT2D eigenvalue weighted by molar-refractivity contribution is 5.79. The maximum atomic E-state index is 12.6. The molecular formula is C11H17F3N2O2. The third-order valence-corrected chi connectivity index (χ3v) is 3.73. The Balaban J connectivity index is 1.98. The molecule has 0 saturated carbocycles. The van der Waals surface area contributed by atoms with E-state index in [1.54, 1.807) is 0 Å². The van der Waals surface area contributed by atoms with Crippen molar-refractivity contribution in [2.75, 3.05) is 26.2 Å². The molecule has 18 heavy (non-hydrogen) atoms. The van der Waals surface area contributed by atoms with Crippen LogP contribution in [0.2, 0.25) is 0 Å². The van der Waals surface area contributed by atoms with Gasteiger partial charge in [0.15, 0.2) is 5.60 Å². The van der Waals surface area contributed by atoms with E-state index >= 15 is 0 Å². The summed E-state index contributed by atoms with van der Waals surface area (Å²) < 4.78 is 37.9. The second-order valence-electron chi connectivity index (χ2n) is 5.08. The van der Waals surface area contributed by atoms with E-state index in [0.29, 0.717) is 13.0 Å². The number of amides is 1. The van der Waals surface area contributed by atoms with Crippen molar-refractivity contribution >= 4 is 5.91 Å². The molecule has 2 atom stereocenters. The van der Waals surface area contributed by atoms with Crippen LogP contribution in [0.15, 0.2) is 0 Å². The maximum absolute atomic E-state index is 12.6. The number of nitrogens with one attached hydrogen (secondary N) is 1. The first-order valence-corrected chi connectivity index (χ1v) is 6.12. The Labute approximate surface area is 103 Å². The summed E-state index contributed by atoms with van der Waals surface area (Å²) in [5.41, 5.74) is -2.73. The number of β-amino-alcohol motifs (C(OH)–C–C–N with tert-alkyl or cyclic N) is 1. The lowest BCUT2D eigenvalue weighted by Gasteiger charge is -2.29. The number of hydrogen-bond donors (Lipinski definition) is 2. The molecule has 2 saturated heterocycles. The summed E-state index contributed by atoms with van der Waals surface area (Å²) in [6.45, 7) is 0.702. The van der Waals surface area contributed by atoms with Crippen LogP contribution in [0, 0.1) is 5.92 Å². The fraction of sp³-hybridized carbons (Fsp3) is 0.909. The lowest BCUT2D eigenvalue weighted by atomic mass is 9.98. The molecule has 2 heterocycles. The predicted molar refractivity (Wildman–Crippen MR) is 57.8 cm³/mol. The molecule has 0 unspecified atom stereocenters. The molecule has 0 aliphatic carbocycles. The number of alkyl halides is 3. The van der Waals surface area contributed by atoms with Crippen molar-refractivity contribution < 1.29 is 23.1 Å². The van der Waals surface area contributed by atoms with Gasteiger partial charge in [-0.15, -0.1) is 0 Å². The van der Waals surface area contributed by atoms with Crippen LogP contribution in [0.5, 0.6) is 0 Å². The van der Waals surface area contributed by atoms with Crippen molar-refractivity contribution in [2.24, 2.45) is 5.92 Å². The molecule has 2 aliphatic heterocycles. The average Bonchev–Trinajstić information content (AvgIpc) is 2.73. The lowest BCUT2D eigenvalue weighted by molar-refractivity contribution is -0.253. The third kappa shape index (κ3) is 2.47. The monoisotopic (exact) mass is 266 g/mol. The predicted octanol–water partition coefficient (Wildman–Crippen LogP) is 0.512. The van der Waals surface area contributed by atoms with Gasteiger partial charge in [0, 0.05) is 19.5 Å². The van der Waals surface area contributed by atoms with Gasteiger partial charge in [-0.25, -0.2) is 0 Å². The number of halogens is 3. The van der Waals surface area contributed by atoms with Gasteiger partial charge >= 0.3 is 6.18 Å². The van der Waals surface area contributed by atoms with Gasteiger partial charge in [-0.3, -0.25) is 4.79 Å². The minimum atomic E-state index is -4.67. The molecule has 0 aromatic rings. The van der Waals surface area contributed by atoms with Crippen LogP contribution in [0.1, 0.15) is 19.3 Å². The van der Waals surface area contributed by atoms with E-state index in [1.807, 2.05) is 0 Å². The topological polar surface area (TPSA) is 52.6 Å².